The molecule has 0 radical (unpaired) electrons. The minimum absolute atomic E-state index is 0.0682. The Hall–Kier alpha value is -2.05. The van der Waals surface area contributed by atoms with E-state index < -0.39 is 5.91 Å². The Morgan fingerprint density at radius 1 is 1.44 bits per heavy atom. The van der Waals surface area contributed by atoms with Crippen LogP contribution in [0.2, 0.25) is 0 Å². The molecule has 0 aliphatic heterocycles. The third-order valence-electron chi connectivity index (χ3n) is 2.50. The molecule has 4 N–H and O–H groups in total. The molecule has 0 aromatic carbocycles. The number of likely N-dealkylation sites (N-methyl/N-ethyl adjacent to an activating group) is 1. The molecular formula is C11H19N5O2. The van der Waals surface area contributed by atoms with Gasteiger partial charge in [0.05, 0.1) is 17.9 Å². The monoisotopic (exact) mass is 253 g/mol. The Balaban J connectivity index is 2.65. The molecule has 1 aromatic heterocycles. The van der Waals surface area contributed by atoms with E-state index in [1.165, 1.54) is 4.90 Å². The molecule has 18 heavy (non-hydrogen) atoms. The van der Waals surface area contributed by atoms with E-state index in [0.717, 1.165) is 18.5 Å². The first-order valence-corrected chi connectivity index (χ1v) is 5.78. The van der Waals surface area contributed by atoms with Crippen molar-refractivity contribution < 1.29 is 9.59 Å². The molecule has 7 heteroatoms. The lowest BCUT2D eigenvalue weighted by Gasteiger charge is -2.10. The number of aryl methyl sites for hydroxylation is 1. The second kappa shape index (κ2) is 6.04. The lowest BCUT2D eigenvalue weighted by molar-refractivity contribution is -0.127. The maximum absolute atomic E-state index is 11.8. The van der Waals surface area contributed by atoms with Crippen LogP contribution in [-0.4, -0.2) is 47.6 Å². The fourth-order valence-corrected chi connectivity index (χ4v) is 1.40. The number of nitrogens with two attached hydrogens (primary N) is 1. The highest BCUT2D eigenvalue weighted by molar-refractivity contribution is 5.99. The molecule has 0 saturated heterocycles. The Kier molecular flexibility index (Phi) is 4.70. The topological polar surface area (TPSA) is 104 Å². The van der Waals surface area contributed by atoms with Crippen molar-refractivity contribution in [3.8, 4) is 0 Å². The van der Waals surface area contributed by atoms with Crippen molar-refractivity contribution in [3.63, 3.8) is 0 Å². The highest BCUT2D eigenvalue weighted by Crippen LogP contribution is 2.15. The summed E-state index contributed by atoms with van der Waals surface area (Å²) in [6.45, 7) is 1.94. The standard InChI is InChI=1S/C11H19N5O2/c1-4-5-7-9(12)10(15-14-7)11(18)13-6-8(17)16(2)3/h4-6,12H2,1-3H3,(H,13,18)(H,14,15). The van der Waals surface area contributed by atoms with Crippen LogP contribution in [0.25, 0.3) is 0 Å². The van der Waals surface area contributed by atoms with Crippen LogP contribution in [0.15, 0.2) is 0 Å². The number of aromatic nitrogens is 2. The second-order valence-corrected chi connectivity index (χ2v) is 4.19. The molecule has 0 unspecified atom stereocenters. The third-order valence-corrected chi connectivity index (χ3v) is 2.50. The summed E-state index contributed by atoms with van der Waals surface area (Å²) in [6.07, 6.45) is 1.65. The van der Waals surface area contributed by atoms with E-state index in [1.54, 1.807) is 14.1 Å². The summed E-state index contributed by atoms with van der Waals surface area (Å²) >= 11 is 0. The van der Waals surface area contributed by atoms with Gasteiger partial charge in [0.15, 0.2) is 5.69 Å². The van der Waals surface area contributed by atoms with Crippen molar-refractivity contribution in [2.24, 2.45) is 0 Å². The van der Waals surface area contributed by atoms with Gasteiger partial charge in [0.2, 0.25) is 5.91 Å². The van der Waals surface area contributed by atoms with Gasteiger partial charge in [-0.3, -0.25) is 14.7 Å². The summed E-state index contributed by atoms with van der Waals surface area (Å²) in [6, 6.07) is 0. The summed E-state index contributed by atoms with van der Waals surface area (Å²) < 4.78 is 0. The molecular weight excluding hydrogens is 234 g/mol. The predicted octanol–water partition coefficient (Wildman–Crippen LogP) is -0.238. The van der Waals surface area contributed by atoms with Crippen molar-refractivity contribution in [2.45, 2.75) is 19.8 Å². The summed E-state index contributed by atoms with van der Waals surface area (Å²) in [5.41, 5.74) is 7.05. The maximum Gasteiger partial charge on any atom is 0.274 e. The van der Waals surface area contributed by atoms with Crippen LogP contribution in [0.4, 0.5) is 5.69 Å². The summed E-state index contributed by atoms with van der Waals surface area (Å²) in [4.78, 5) is 24.5. The Labute approximate surface area is 106 Å². The SMILES string of the molecule is CCCc1[nH]nc(C(=O)NCC(=O)N(C)C)c1N. The molecule has 0 saturated carbocycles. The number of hydrogen-bond donors (Lipinski definition) is 3. The number of carbonyl (C=O) groups is 2. The van der Waals surface area contributed by atoms with Crippen LogP contribution in [0.1, 0.15) is 29.5 Å². The van der Waals surface area contributed by atoms with E-state index in [-0.39, 0.29) is 18.1 Å². The number of anilines is 1. The van der Waals surface area contributed by atoms with Crippen LogP contribution < -0.4 is 11.1 Å². The first kappa shape index (κ1) is 14.0. The lowest BCUT2D eigenvalue weighted by atomic mass is 10.2. The minimum atomic E-state index is -0.443. The first-order valence-electron chi connectivity index (χ1n) is 5.78. The molecule has 0 bridgehead atoms. The number of amides is 2. The summed E-state index contributed by atoms with van der Waals surface area (Å²) in [7, 11) is 3.24. The molecule has 2 amide bonds. The zero-order chi connectivity index (χ0) is 13.7. The third kappa shape index (κ3) is 3.22. The van der Waals surface area contributed by atoms with Gasteiger partial charge in [0, 0.05) is 14.1 Å². The zero-order valence-electron chi connectivity index (χ0n) is 10.9. The Morgan fingerprint density at radius 2 is 2.11 bits per heavy atom. The Bertz CT molecular complexity index is 439. The maximum atomic E-state index is 11.8. The van der Waals surface area contributed by atoms with E-state index >= 15 is 0 Å². The van der Waals surface area contributed by atoms with Crippen molar-refractivity contribution in [1.82, 2.24) is 20.4 Å². The minimum Gasteiger partial charge on any atom is -0.395 e. The molecule has 0 aliphatic carbocycles. The van der Waals surface area contributed by atoms with Gasteiger partial charge in [-0.2, -0.15) is 5.10 Å². The number of nitrogens with zero attached hydrogens (tertiary/aromatic N) is 2. The molecule has 0 atom stereocenters. The van der Waals surface area contributed by atoms with Gasteiger partial charge in [0.25, 0.3) is 5.91 Å². The molecule has 1 rings (SSSR count). The number of aromatic amines is 1. The van der Waals surface area contributed by atoms with Gasteiger partial charge in [-0.05, 0) is 6.42 Å². The van der Waals surface area contributed by atoms with Crippen molar-refractivity contribution in [3.05, 3.63) is 11.4 Å². The molecule has 1 aromatic rings. The van der Waals surface area contributed by atoms with Gasteiger partial charge >= 0.3 is 0 Å². The lowest BCUT2D eigenvalue weighted by Crippen LogP contribution is -2.36. The number of rotatable bonds is 5. The van der Waals surface area contributed by atoms with Gasteiger partial charge in [-0.1, -0.05) is 13.3 Å². The molecule has 1 heterocycles. The van der Waals surface area contributed by atoms with E-state index in [1.807, 2.05) is 6.92 Å². The van der Waals surface area contributed by atoms with Gasteiger partial charge < -0.3 is 16.0 Å². The average Bonchev–Trinajstić information content (AvgIpc) is 2.68. The Morgan fingerprint density at radius 3 is 2.67 bits per heavy atom. The molecule has 0 spiro atoms. The average molecular weight is 253 g/mol. The largest absolute Gasteiger partial charge is 0.395 e. The van der Waals surface area contributed by atoms with Crippen molar-refractivity contribution in [1.29, 1.82) is 0 Å². The number of nitrogen functional groups attached to an aromatic ring is 1. The molecule has 100 valence electrons. The quantitative estimate of drug-likeness (QED) is 0.673. The van der Waals surface area contributed by atoms with Gasteiger partial charge in [-0.15, -0.1) is 0 Å². The normalized spacial score (nSPS) is 10.2. The first-order chi connectivity index (χ1) is 8.47. The van der Waals surface area contributed by atoms with E-state index in [2.05, 4.69) is 15.5 Å². The van der Waals surface area contributed by atoms with Crippen LogP contribution in [0.5, 0.6) is 0 Å². The van der Waals surface area contributed by atoms with Crippen LogP contribution >= 0.6 is 0 Å². The van der Waals surface area contributed by atoms with Gasteiger partial charge in [0.1, 0.15) is 0 Å². The number of H-pyrrole nitrogens is 1. The second-order valence-electron chi connectivity index (χ2n) is 4.19. The van der Waals surface area contributed by atoms with Gasteiger partial charge in [-0.25, -0.2) is 0 Å². The number of hydrogen-bond acceptors (Lipinski definition) is 4. The molecule has 0 fully saturated rings. The van der Waals surface area contributed by atoms with Crippen LogP contribution in [0, 0.1) is 0 Å². The van der Waals surface area contributed by atoms with E-state index in [0.29, 0.717) is 5.69 Å². The predicted molar refractivity (Wildman–Crippen MR) is 68.0 cm³/mol. The number of carbonyl (C=O) groups excluding carboxylic acids is 2. The van der Waals surface area contributed by atoms with Crippen LogP contribution in [0.3, 0.4) is 0 Å². The molecule has 7 nitrogen and oxygen atoms in total. The van der Waals surface area contributed by atoms with Crippen LogP contribution in [-0.2, 0) is 11.2 Å². The zero-order valence-corrected chi connectivity index (χ0v) is 10.9. The van der Waals surface area contributed by atoms with E-state index in [4.69, 9.17) is 5.73 Å². The van der Waals surface area contributed by atoms with Crippen molar-refractivity contribution in [2.75, 3.05) is 26.4 Å². The summed E-state index contributed by atoms with van der Waals surface area (Å²) in [5, 5.41) is 9.09. The highest BCUT2D eigenvalue weighted by atomic mass is 16.2. The summed E-state index contributed by atoms with van der Waals surface area (Å²) in [5.74, 6) is -0.632. The smallest absolute Gasteiger partial charge is 0.274 e. The fraction of sp³-hybridized carbons (Fsp3) is 0.545. The van der Waals surface area contributed by atoms with Crippen molar-refractivity contribution >= 4 is 17.5 Å². The highest BCUT2D eigenvalue weighted by Gasteiger charge is 2.17. The number of nitrogens with one attached hydrogen (secondary N) is 2. The fourth-order valence-electron chi connectivity index (χ4n) is 1.40. The van der Waals surface area contributed by atoms with E-state index in [9.17, 15) is 9.59 Å². The molecule has 0 aliphatic rings.